The summed E-state index contributed by atoms with van der Waals surface area (Å²) in [6.45, 7) is 3.06. The van der Waals surface area contributed by atoms with Gasteiger partial charge < -0.3 is 20.9 Å². The van der Waals surface area contributed by atoms with E-state index < -0.39 is 12.1 Å². The number of piperidine rings is 1. The first kappa shape index (κ1) is 26.0. The van der Waals surface area contributed by atoms with Gasteiger partial charge in [0.1, 0.15) is 5.82 Å². The molecule has 2 aliphatic heterocycles. The van der Waals surface area contributed by atoms with Crippen LogP contribution in [0, 0.1) is 17.1 Å². The summed E-state index contributed by atoms with van der Waals surface area (Å²) in [7, 11) is 0. The van der Waals surface area contributed by atoms with Gasteiger partial charge in [-0.3, -0.25) is 4.79 Å². The topological polar surface area (TPSA) is 97.3 Å². The number of likely N-dealkylation sites (tertiary alicyclic amines) is 1. The zero-order valence-corrected chi connectivity index (χ0v) is 21.0. The second kappa shape index (κ2) is 11.7. The normalized spacial score (nSPS) is 18.6. The zero-order chi connectivity index (χ0) is 25.7. The molecule has 0 aliphatic carbocycles. The molecular weight excluding hydrogens is 504 g/mol. The molecule has 0 bridgehead atoms. The Morgan fingerprint density at radius 3 is 2.67 bits per heavy atom. The van der Waals surface area contributed by atoms with Crippen molar-refractivity contribution in [1.82, 2.24) is 20.9 Å². The molecule has 1 saturated heterocycles. The van der Waals surface area contributed by atoms with E-state index in [1.165, 1.54) is 18.3 Å². The van der Waals surface area contributed by atoms with E-state index >= 15 is 0 Å². The molecular formula is C26H26Cl2FN5O2. The summed E-state index contributed by atoms with van der Waals surface area (Å²) in [6, 6.07) is 10.5. The Labute approximate surface area is 219 Å². The largest absolute Gasteiger partial charge is 0.352 e. The molecule has 0 saturated carbocycles. The van der Waals surface area contributed by atoms with Gasteiger partial charge in [-0.15, -0.1) is 0 Å². The molecule has 2 aromatic rings. The van der Waals surface area contributed by atoms with Crippen molar-refractivity contribution < 1.29 is 14.0 Å². The number of nitrogens with zero attached hydrogens (tertiary/aromatic N) is 2. The van der Waals surface area contributed by atoms with Crippen molar-refractivity contribution in [2.24, 2.45) is 0 Å². The van der Waals surface area contributed by atoms with E-state index in [9.17, 15) is 19.2 Å². The summed E-state index contributed by atoms with van der Waals surface area (Å²) in [5.41, 5.74) is 2.37. The molecule has 188 valence electrons. The van der Waals surface area contributed by atoms with Crippen molar-refractivity contribution in [2.45, 2.75) is 31.2 Å². The van der Waals surface area contributed by atoms with Gasteiger partial charge in [-0.1, -0.05) is 35.3 Å². The van der Waals surface area contributed by atoms with Gasteiger partial charge in [0.25, 0.3) is 5.91 Å². The first-order chi connectivity index (χ1) is 17.4. The highest BCUT2D eigenvalue weighted by atomic mass is 35.5. The lowest BCUT2D eigenvalue weighted by molar-refractivity contribution is -0.117. The van der Waals surface area contributed by atoms with Crippen molar-refractivity contribution in [1.29, 1.82) is 5.26 Å². The van der Waals surface area contributed by atoms with E-state index in [0.717, 1.165) is 44.5 Å². The Balaban J connectivity index is 1.26. The molecule has 0 radical (unpaired) electrons. The Hall–Kier alpha value is -3.12. The second-order valence-electron chi connectivity index (χ2n) is 8.89. The highest BCUT2D eigenvalue weighted by Crippen LogP contribution is 2.31. The number of carbonyl (C=O) groups excluding carboxylic acids is 2. The summed E-state index contributed by atoms with van der Waals surface area (Å²) in [4.78, 5) is 27.1. The number of benzene rings is 2. The predicted molar refractivity (Wildman–Crippen MR) is 136 cm³/mol. The summed E-state index contributed by atoms with van der Waals surface area (Å²) >= 11 is 12.1. The van der Waals surface area contributed by atoms with Gasteiger partial charge in [0.05, 0.1) is 33.3 Å². The van der Waals surface area contributed by atoms with Crippen LogP contribution in [0.1, 0.15) is 47.9 Å². The van der Waals surface area contributed by atoms with Crippen LogP contribution in [0.25, 0.3) is 0 Å². The van der Waals surface area contributed by atoms with Crippen LogP contribution in [0.4, 0.5) is 9.18 Å². The predicted octanol–water partition coefficient (Wildman–Crippen LogP) is 4.63. The molecule has 3 N–H and O–H groups in total. The monoisotopic (exact) mass is 529 g/mol. The van der Waals surface area contributed by atoms with Gasteiger partial charge in [-0.2, -0.15) is 5.26 Å². The van der Waals surface area contributed by atoms with Crippen molar-refractivity contribution in [3.8, 4) is 6.07 Å². The van der Waals surface area contributed by atoms with Gasteiger partial charge in [0, 0.05) is 12.7 Å². The van der Waals surface area contributed by atoms with Gasteiger partial charge in [-0.25, -0.2) is 9.18 Å². The summed E-state index contributed by atoms with van der Waals surface area (Å²) in [5.74, 6) is -0.423. The molecule has 2 heterocycles. The highest BCUT2D eigenvalue weighted by Gasteiger charge is 2.28. The Bertz CT molecular complexity index is 1220. The van der Waals surface area contributed by atoms with E-state index in [4.69, 9.17) is 23.2 Å². The number of carbonyl (C=O) groups is 2. The minimum atomic E-state index is -0.641. The minimum Gasteiger partial charge on any atom is -0.352 e. The van der Waals surface area contributed by atoms with Crippen molar-refractivity contribution in [3.05, 3.63) is 80.7 Å². The fourth-order valence-corrected chi connectivity index (χ4v) is 4.99. The average molecular weight is 530 g/mol. The van der Waals surface area contributed by atoms with Crippen LogP contribution >= 0.6 is 23.2 Å². The number of amides is 3. The van der Waals surface area contributed by atoms with Crippen molar-refractivity contribution in [2.75, 3.05) is 26.2 Å². The lowest BCUT2D eigenvalue weighted by Gasteiger charge is -2.32. The number of halogens is 3. The molecule has 1 fully saturated rings. The maximum absolute atomic E-state index is 13.4. The lowest BCUT2D eigenvalue weighted by atomic mass is 9.86. The van der Waals surface area contributed by atoms with E-state index in [0.29, 0.717) is 33.3 Å². The van der Waals surface area contributed by atoms with Gasteiger partial charge in [-0.05, 0) is 80.2 Å². The summed E-state index contributed by atoms with van der Waals surface area (Å²) in [6.07, 6.45) is 3.98. The van der Waals surface area contributed by atoms with Crippen LogP contribution in [0.2, 0.25) is 10.0 Å². The highest BCUT2D eigenvalue weighted by molar-refractivity contribution is 6.42. The molecule has 0 unspecified atom stereocenters. The molecule has 3 amide bonds. The third kappa shape index (κ3) is 6.16. The van der Waals surface area contributed by atoms with E-state index in [1.54, 1.807) is 24.3 Å². The second-order valence-corrected chi connectivity index (χ2v) is 9.71. The molecule has 0 aromatic heterocycles. The molecule has 10 heteroatoms. The molecule has 1 atom stereocenters. The van der Waals surface area contributed by atoms with E-state index in [-0.39, 0.29) is 17.6 Å². The van der Waals surface area contributed by atoms with Crippen LogP contribution in [0.15, 0.2) is 48.2 Å². The fourth-order valence-electron chi connectivity index (χ4n) is 4.68. The maximum Gasteiger partial charge on any atom is 0.319 e. The Morgan fingerprint density at radius 1 is 1.17 bits per heavy atom. The molecule has 4 rings (SSSR count). The number of rotatable bonds is 7. The SMILES string of the molecule is N#Cc1cc(F)ccc1C1CCN(CCCNC(=O)C2=CNC(=O)N[C@@H]2c2ccc(Cl)c(Cl)c2)CC1. The number of nitrogens with one attached hydrogen (secondary N) is 3. The van der Waals surface area contributed by atoms with Crippen LogP contribution in [-0.4, -0.2) is 43.0 Å². The van der Waals surface area contributed by atoms with Crippen LogP contribution in [0.3, 0.4) is 0 Å². The molecule has 2 aromatic carbocycles. The quantitative estimate of drug-likeness (QED) is 0.455. The van der Waals surface area contributed by atoms with Crippen LogP contribution < -0.4 is 16.0 Å². The van der Waals surface area contributed by atoms with Crippen LogP contribution in [-0.2, 0) is 4.79 Å². The molecule has 7 nitrogen and oxygen atoms in total. The Kier molecular flexibility index (Phi) is 8.47. The van der Waals surface area contributed by atoms with E-state index in [2.05, 4.69) is 26.9 Å². The number of hydrogen-bond acceptors (Lipinski definition) is 4. The van der Waals surface area contributed by atoms with E-state index in [1.807, 2.05) is 0 Å². The first-order valence-electron chi connectivity index (χ1n) is 11.8. The summed E-state index contributed by atoms with van der Waals surface area (Å²) < 4.78 is 13.4. The van der Waals surface area contributed by atoms with Gasteiger partial charge in [0.2, 0.25) is 0 Å². The molecule has 0 spiro atoms. The maximum atomic E-state index is 13.4. The lowest BCUT2D eigenvalue weighted by Crippen LogP contribution is -2.45. The third-order valence-electron chi connectivity index (χ3n) is 6.58. The molecule has 2 aliphatic rings. The van der Waals surface area contributed by atoms with Crippen molar-refractivity contribution >= 4 is 35.1 Å². The first-order valence-corrected chi connectivity index (χ1v) is 12.5. The third-order valence-corrected chi connectivity index (χ3v) is 7.32. The smallest absolute Gasteiger partial charge is 0.319 e. The fraction of sp³-hybridized carbons (Fsp3) is 0.346. The van der Waals surface area contributed by atoms with Crippen molar-refractivity contribution in [3.63, 3.8) is 0 Å². The average Bonchev–Trinajstić information content (AvgIpc) is 2.88. The summed E-state index contributed by atoms with van der Waals surface area (Å²) in [5, 5.41) is 18.3. The number of nitriles is 1. The Morgan fingerprint density at radius 2 is 1.94 bits per heavy atom. The molecule has 36 heavy (non-hydrogen) atoms. The van der Waals surface area contributed by atoms with Crippen LogP contribution in [0.5, 0.6) is 0 Å². The number of urea groups is 1. The van der Waals surface area contributed by atoms with Gasteiger partial charge >= 0.3 is 6.03 Å². The zero-order valence-electron chi connectivity index (χ0n) is 19.5. The number of hydrogen-bond donors (Lipinski definition) is 3. The van der Waals surface area contributed by atoms with Gasteiger partial charge in [0.15, 0.2) is 0 Å². The standard InChI is InChI=1S/C26H26Cl2FN5O2/c27-22-5-2-17(13-23(22)28)24-21(15-32-26(36)33-24)25(35)31-8-1-9-34-10-6-16(7-11-34)20-4-3-19(29)12-18(20)14-30/h2-5,12-13,15-16,24H,1,6-11H2,(H,31,35)(H2,32,33,36)/t24-/m1/s1. The minimum absolute atomic E-state index is 0.246.